The van der Waals surface area contributed by atoms with Crippen molar-refractivity contribution in [2.24, 2.45) is 11.8 Å². The molecule has 0 bridgehead atoms. The average molecular weight is 528 g/mol. The van der Waals surface area contributed by atoms with Crippen molar-refractivity contribution in [3.05, 3.63) is 23.8 Å². The number of carboxylic acid groups (broad SMARTS) is 1. The van der Waals surface area contributed by atoms with Crippen LogP contribution in [0.1, 0.15) is 47.1 Å². The molecule has 1 rings (SSSR count). The van der Waals surface area contributed by atoms with E-state index in [4.69, 9.17) is 28.4 Å². The van der Waals surface area contributed by atoms with E-state index in [0.717, 1.165) is 0 Å². The predicted octanol–water partition coefficient (Wildman–Crippen LogP) is 4.18. The maximum absolute atomic E-state index is 12.1. The van der Waals surface area contributed by atoms with Gasteiger partial charge < -0.3 is 38.8 Å². The van der Waals surface area contributed by atoms with E-state index in [9.17, 15) is 24.3 Å². The van der Waals surface area contributed by atoms with Crippen molar-refractivity contribution in [2.45, 2.75) is 60.1 Å². The third-order valence-electron chi connectivity index (χ3n) is 4.41. The molecule has 0 aliphatic rings. The highest BCUT2D eigenvalue weighted by Crippen LogP contribution is 2.30. The summed E-state index contributed by atoms with van der Waals surface area (Å²) < 4.78 is 30.2. The van der Waals surface area contributed by atoms with Crippen molar-refractivity contribution in [2.75, 3.05) is 26.4 Å². The lowest BCUT2D eigenvalue weighted by molar-refractivity contribution is -0.139. The molecule has 0 amide bonds. The van der Waals surface area contributed by atoms with Crippen LogP contribution in [0.2, 0.25) is 0 Å². The van der Waals surface area contributed by atoms with Crippen LogP contribution >= 0.6 is 0 Å². The molecular formula is C25H37NO11. The molecule has 12 heteroatoms. The molecule has 37 heavy (non-hydrogen) atoms. The Hall–Kier alpha value is -3.54. The smallest absolute Gasteiger partial charge is 0.480 e. The van der Waals surface area contributed by atoms with Crippen molar-refractivity contribution in [3.8, 4) is 11.5 Å². The number of rotatable bonds is 14. The van der Waals surface area contributed by atoms with Crippen LogP contribution in [0.4, 0.5) is 14.4 Å². The fraction of sp³-hybridized carbons (Fsp3) is 0.600. The number of carboxylic acids is 1. The monoisotopic (exact) mass is 527 g/mol. The Bertz CT molecular complexity index is 901. The van der Waals surface area contributed by atoms with Crippen LogP contribution in [-0.4, -0.2) is 68.1 Å². The second-order valence-corrected chi connectivity index (χ2v) is 9.01. The predicted molar refractivity (Wildman–Crippen MR) is 131 cm³/mol. The van der Waals surface area contributed by atoms with Gasteiger partial charge in [0.05, 0.1) is 19.8 Å². The van der Waals surface area contributed by atoms with Gasteiger partial charge in [0.1, 0.15) is 12.1 Å². The summed E-state index contributed by atoms with van der Waals surface area (Å²) in [5, 5.41) is 12.5. The minimum atomic E-state index is -1.15. The third-order valence-corrected chi connectivity index (χ3v) is 4.41. The molecule has 0 fully saturated rings. The lowest BCUT2D eigenvalue weighted by Crippen LogP contribution is -2.42. The van der Waals surface area contributed by atoms with E-state index >= 15 is 0 Å². The molecule has 0 saturated carbocycles. The molecule has 0 heterocycles. The maximum atomic E-state index is 12.1. The van der Waals surface area contributed by atoms with Gasteiger partial charge in [-0.25, -0.2) is 14.4 Å². The van der Waals surface area contributed by atoms with Crippen molar-refractivity contribution in [3.63, 3.8) is 0 Å². The van der Waals surface area contributed by atoms with Crippen molar-refractivity contribution < 1.29 is 52.7 Å². The number of benzene rings is 1. The normalized spacial score (nSPS) is 12.4. The Morgan fingerprint density at radius 2 is 1.41 bits per heavy atom. The van der Waals surface area contributed by atoms with Gasteiger partial charge in [-0.15, -0.1) is 0 Å². The number of carbonyl (C=O) groups is 4. The van der Waals surface area contributed by atoms with Gasteiger partial charge in [-0.1, -0.05) is 33.8 Å². The molecule has 2 N–H and O–H groups in total. The SMILES string of the molecule is CCOC(=O)OC(C)CN[C@@H](Cc1ccc(OC(=O)OCC(C)C)c(OC(=O)OCC(C)C)c1)C(=O)O. The lowest BCUT2D eigenvalue weighted by atomic mass is 10.0. The van der Waals surface area contributed by atoms with Gasteiger partial charge in [-0.3, -0.25) is 4.79 Å². The Balaban J connectivity index is 2.99. The highest BCUT2D eigenvalue weighted by atomic mass is 16.7. The van der Waals surface area contributed by atoms with E-state index < -0.39 is 36.6 Å². The quantitative estimate of drug-likeness (QED) is 0.202. The zero-order chi connectivity index (χ0) is 28.0. The first-order valence-electron chi connectivity index (χ1n) is 12.0. The first kappa shape index (κ1) is 31.5. The third kappa shape index (κ3) is 13.4. The molecular weight excluding hydrogens is 490 g/mol. The summed E-state index contributed by atoms with van der Waals surface area (Å²) in [6.45, 7) is 11.1. The second kappa shape index (κ2) is 16.3. The number of aliphatic carboxylic acids is 1. The minimum absolute atomic E-state index is 0.0308. The highest BCUT2D eigenvalue weighted by Gasteiger charge is 2.22. The Labute approximate surface area is 216 Å². The van der Waals surface area contributed by atoms with Crippen LogP contribution in [0.25, 0.3) is 0 Å². The number of hydrogen-bond donors (Lipinski definition) is 2. The molecule has 12 nitrogen and oxygen atoms in total. The Kier molecular flexibility index (Phi) is 13.8. The number of nitrogens with one attached hydrogen (secondary N) is 1. The summed E-state index contributed by atoms with van der Waals surface area (Å²) in [5.74, 6) is -1.24. The summed E-state index contributed by atoms with van der Waals surface area (Å²) >= 11 is 0. The van der Waals surface area contributed by atoms with Crippen molar-refractivity contribution in [1.29, 1.82) is 0 Å². The number of carbonyl (C=O) groups excluding carboxylic acids is 3. The number of ether oxygens (including phenoxy) is 6. The Morgan fingerprint density at radius 3 is 1.92 bits per heavy atom. The molecule has 1 aromatic rings. The average Bonchev–Trinajstić information content (AvgIpc) is 2.80. The largest absolute Gasteiger partial charge is 0.513 e. The first-order chi connectivity index (χ1) is 17.4. The molecule has 0 spiro atoms. The van der Waals surface area contributed by atoms with Crippen LogP contribution in [-0.2, 0) is 30.2 Å². The molecule has 0 radical (unpaired) electrons. The van der Waals surface area contributed by atoms with Crippen LogP contribution in [0, 0.1) is 11.8 Å². The van der Waals surface area contributed by atoms with Crippen molar-refractivity contribution in [1.82, 2.24) is 5.32 Å². The standard InChI is InChI=1S/C25H37NO11/c1-7-32-23(29)35-17(6)12-26-19(22(27)28)10-18-8-9-20(36-24(30)33-13-15(2)3)21(11-18)37-25(31)34-14-16(4)5/h8-9,11,15-17,19,26H,7,10,12-14H2,1-6H3,(H,27,28)/t17?,19-/m0/s1. The Morgan fingerprint density at radius 1 is 0.838 bits per heavy atom. The van der Waals surface area contributed by atoms with Crippen molar-refractivity contribution >= 4 is 24.4 Å². The van der Waals surface area contributed by atoms with E-state index in [1.54, 1.807) is 13.8 Å². The maximum Gasteiger partial charge on any atom is 0.513 e. The summed E-state index contributed by atoms with van der Waals surface area (Å²) in [4.78, 5) is 47.4. The van der Waals surface area contributed by atoms with Gasteiger partial charge >= 0.3 is 24.4 Å². The molecule has 2 atom stereocenters. The van der Waals surface area contributed by atoms with Gasteiger partial charge in [-0.2, -0.15) is 0 Å². The van der Waals surface area contributed by atoms with Gasteiger partial charge in [0.2, 0.25) is 0 Å². The van der Waals surface area contributed by atoms with E-state index in [2.05, 4.69) is 5.32 Å². The van der Waals surface area contributed by atoms with E-state index in [-0.39, 0.29) is 56.1 Å². The van der Waals surface area contributed by atoms with E-state index in [1.807, 2.05) is 27.7 Å². The summed E-state index contributed by atoms with van der Waals surface area (Å²) in [5.41, 5.74) is 0.452. The summed E-state index contributed by atoms with van der Waals surface area (Å²) in [7, 11) is 0. The first-order valence-corrected chi connectivity index (χ1v) is 12.0. The van der Waals surface area contributed by atoms with Crippen LogP contribution in [0.3, 0.4) is 0 Å². The van der Waals surface area contributed by atoms with Crippen LogP contribution < -0.4 is 14.8 Å². The zero-order valence-electron chi connectivity index (χ0n) is 22.1. The van der Waals surface area contributed by atoms with Gasteiger partial charge in [-0.05, 0) is 49.8 Å². The van der Waals surface area contributed by atoms with Gasteiger partial charge in [0.15, 0.2) is 11.5 Å². The van der Waals surface area contributed by atoms with E-state index in [0.29, 0.717) is 5.56 Å². The zero-order valence-corrected chi connectivity index (χ0v) is 22.1. The summed E-state index contributed by atoms with van der Waals surface area (Å²) in [6.07, 6.45) is -3.52. The van der Waals surface area contributed by atoms with Gasteiger partial charge in [0, 0.05) is 6.54 Å². The second-order valence-electron chi connectivity index (χ2n) is 9.01. The van der Waals surface area contributed by atoms with Crippen LogP contribution in [0.5, 0.6) is 11.5 Å². The highest BCUT2D eigenvalue weighted by molar-refractivity contribution is 5.74. The van der Waals surface area contributed by atoms with Crippen LogP contribution in [0.15, 0.2) is 18.2 Å². The fourth-order valence-electron chi connectivity index (χ4n) is 2.70. The summed E-state index contributed by atoms with van der Waals surface area (Å²) in [6, 6.07) is 3.19. The molecule has 0 aromatic heterocycles. The molecule has 0 aliphatic carbocycles. The molecule has 0 saturated heterocycles. The molecule has 0 aliphatic heterocycles. The minimum Gasteiger partial charge on any atom is -0.480 e. The topological polar surface area (TPSA) is 156 Å². The number of hydrogen-bond acceptors (Lipinski definition) is 11. The molecule has 208 valence electrons. The van der Waals surface area contributed by atoms with E-state index in [1.165, 1.54) is 18.2 Å². The molecule has 1 aromatic carbocycles. The molecule has 1 unspecified atom stereocenters. The fourth-order valence-corrected chi connectivity index (χ4v) is 2.70. The lowest BCUT2D eigenvalue weighted by Gasteiger charge is -2.19. The van der Waals surface area contributed by atoms with Gasteiger partial charge in [0.25, 0.3) is 0 Å².